The van der Waals surface area contributed by atoms with Crippen LogP contribution in [0, 0.1) is 13.8 Å². The lowest BCUT2D eigenvalue weighted by Crippen LogP contribution is -2.23. The summed E-state index contributed by atoms with van der Waals surface area (Å²) in [6.07, 6.45) is 0. The smallest absolute Gasteiger partial charge is 0.368 e. The Hall–Kier alpha value is -3.67. The largest absolute Gasteiger partial charge is 0.489 e. The van der Waals surface area contributed by atoms with Crippen LogP contribution in [-0.2, 0) is 13.7 Å². The van der Waals surface area contributed by atoms with Gasteiger partial charge < -0.3 is 4.74 Å². The van der Waals surface area contributed by atoms with Crippen molar-refractivity contribution in [1.82, 2.24) is 19.8 Å². The third-order valence-corrected chi connectivity index (χ3v) is 4.90. The van der Waals surface area contributed by atoms with Crippen LogP contribution in [0.4, 0.5) is 0 Å². The van der Waals surface area contributed by atoms with Crippen LogP contribution in [0.2, 0.25) is 0 Å². The highest BCUT2D eigenvalue weighted by Crippen LogP contribution is 2.26. The van der Waals surface area contributed by atoms with Gasteiger partial charge in [-0.25, -0.2) is 4.79 Å². The molecule has 6 nitrogen and oxygen atoms in total. The summed E-state index contributed by atoms with van der Waals surface area (Å²) in [4.78, 5) is 12.3. The van der Waals surface area contributed by atoms with Crippen LogP contribution < -0.4 is 10.4 Å². The van der Waals surface area contributed by atoms with Crippen molar-refractivity contribution in [2.75, 3.05) is 0 Å². The van der Waals surface area contributed by atoms with Crippen LogP contribution in [0.3, 0.4) is 0 Å². The molecule has 4 aromatic rings. The van der Waals surface area contributed by atoms with Gasteiger partial charge in [0.15, 0.2) is 0 Å². The predicted octanol–water partition coefficient (Wildman–Crippen LogP) is 3.83. The van der Waals surface area contributed by atoms with Crippen LogP contribution in [-0.4, -0.2) is 19.8 Å². The van der Waals surface area contributed by atoms with Crippen molar-refractivity contribution in [1.29, 1.82) is 0 Å². The molecule has 4 rings (SSSR count). The van der Waals surface area contributed by atoms with Gasteiger partial charge in [0.2, 0.25) is 0 Å². The Balaban J connectivity index is 1.63. The lowest BCUT2D eigenvalue weighted by molar-refractivity contribution is 0.305. The molecule has 0 aliphatic carbocycles. The number of rotatable bonds is 5. The molecule has 1 aromatic heterocycles. The Kier molecular flexibility index (Phi) is 4.99. The fourth-order valence-corrected chi connectivity index (χ4v) is 3.28. The number of aryl methyl sites for hydroxylation is 3. The molecule has 29 heavy (non-hydrogen) atoms. The van der Waals surface area contributed by atoms with Crippen molar-refractivity contribution >= 4 is 0 Å². The van der Waals surface area contributed by atoms with Gasteiger partial charge in [0.1, 0.15) is 12.4 Å². The van der Waals surface area contributed by atoms with Gasteiger partial charge in [-0.1, -0.05) is 54.1 Å². The second-order valence-corrected chi connectivity index (χ2v) is 7.06. The third-order valence-electron chi connectivity index (χ3n) is 4.90. The molecule has 6 heteroatoms. The van der Waals surface area contributed by atoms with Gasteiger partial charge in [0.25, 0.3) is 0 Å². The molecule has 1 heterocycles. The summed E-state index contributed by atoms with van der Waals surface area (Å²) in [5.41, 5.74) is 5.77. The molecular weight excluding hydrogens is 364 g/mol. The molecule has 0 radical (unpaired) electrons. The Morgan fingerprint density at radius 1 is 0.897 bits per heavy atom. The zero-order valence-electron chi connectivity index (χ0n) is 16.7. The molecule has 146 valence electrons. The number of tetrazole rings is 1. The van der Waals surface area contributed by atoms with E-state index in [2.05, 4.69) is 47.7 Å². The Bertz CT molecular complexity index is 1220. The van der Waals surface area contributed by atoms with Gasteiger partial charge >= 0.3 is 5.69 Å². The molecule has 0 aliphatic heterocycles. The van der Waals surface area contributed by atoms with Gasteiger partial charge in [0.05, 0.1) is 5.69 Å². The average molecular weight is 386 g/mol. The van der Waals surface area contributed by atoms with Crippen molar-refractivity contribution in [2.24, 2.45) is 7.05 Å². The van der Waals surface area contributed by atoms with E-state index in [0.717, 1.165) is 28.0 Å². The van der Waals surface area contributed by atoms with Crippen molar-refractivity contribution in [3.8, 4) is 22.6 Å². The maximum atomic E-state index is 12.3. The highest BCUT2D eigenvalue weighted by atomic mass is 16.5. The first kappa shape index (κ1) is 18.7. The molecule has 0 saturated heterocycles. The summed E-state index contributed by atoms with van der Waals surface area (Å²) < 4.78 is 8.61. The minimum atomic E-state index is -0.293. The van der Waals surface area contributed by atoms with E-state index in [9.17, 15) is 4.79 Å². The van der Waals surface area contributed by atoms with Crippen LogP contribution >= 0.6 is 0 Å². The summed E-state index contributed by atoms with van der Waals surface area (Å²) in [7, 11) is 1.58. The molecule has 0 N–H and O–H groups in total. The molecule has 0 spiro atoms. The van der Waals surface area contributed by atoms with E-state index < -0.39 is 0 Å². The molecule has 0 bridgehead atoms. The van der Waals surface area contributed by atoms with E-state index in [1.165, 1.54) is 14.9 Å². The SMILES string of the molecule is Cc1cccc(-c2cccc(OCc3c(C)cccc3-n3nnn(C)c3=O)c2)c1. The molecule has 0 amide bonds. The van der Waals surface area contributed by atoms with E-state index in [1.807, 2.05) is 43.3 Å². The standard InChI is InChI=1S/C23H22N4O2/c1-16-7-4-9-18(13-16)19-10-6-11-20(14-19)29-15-21-17(2)8-5-12-22(21)27-23(28)26(3)24-25-27/h4-14H,15H2,1-3H3. The van der Waals surface area contributed by atoms with Gasteiger partial charge in [-0.2, -0.15) is 9.36 Å². The van der Waals surface area contributed by atoms with Crippen LogP contribution in [0.5, 0.6) is 5.75 Å². The number of aromatic nitrogens is 4. The van der Waals surface area contributed by atoms with Crippen LogP contribution in [0.15, 0.2) is 71.5 Å². The Morgan fingerprint density at radius 2 is 1.62 bits per heavy atom. The first-order valence-corrected chi connectivity index (χ1v) is 9.41. The van der Waals surface area contributed by atoms with Crippen LogP contribution in [0.25, 0.3) is 16.8 Å². The summed E-state index contributed by atoms with van der Waals surface area (Å²) in [5, 5.41) is 7.78. The molecule has 0 aliphatic rings. The molecule has 3 aromatic carbocycles. The molecule has 0 unspecified atom stereocenters. The van der Waals surface area contributed by atoms with Gasteiger partial charge in [-0.3, -0.25) is 0 Å². The normalized spacial score (nSPS) is 10.9. The number of hydrogen-bond acceptors (Lipinski definition) is 4. The second-order valence-electron chi connectivity index (χ2n) is 7.06. The summed E-state index contributed by atoms with van der Waals surface area (Å²) in [5.74, 6) is 0.768. The predicted molar refractivity (Wildman–Crippen MR) is 112 cm³/mol. The topological polar surface area (TPSA) is 61.9 Å². The lowest BCUT2D eigenvalue weighted by atomic mass is 10.0. The van der Waals surface area contributed by atoms with E-state index in [0.29, 0.717) is 12.3 Å². The summed E-state index contributed by atoms with van der Waals surface area (Å²) in [6.45, 7) is 4.40. The zero-order chi connectivity index (χ0) is 20.4. The van der Waals surface area contributed by atoms with E-state index in [-0.39, 0.29) is 5.69 Å². The Morgan fingerprint density at radius 3 is 2.34 bits per heavy atom. The van der Waals surface area contributed by atoms with E-state index in [1.54, 1.807) is 7.05 Å². The quantitative estimate of drug-likeness (QED) is 0.523. The minimum Gasteiger partial charge on any atom is -0.489 e. The lowest BCUT2D eigenvalue weighted by Gasteiger charge is -2.13. The number of ether oxygens (including phenoxy) is 1. The molecule has 0 saturated carbocycles. The van der Waals surface area contributed by atoms with Crippen molar-refractivity contribution in [3.05, 3.63) is 93.9 Å². The first-order valence-electron chi connectivity index (χ1n) is 9.41. The van der Waals surface area contributed by atoms with E-state index >= 15 is 0 Å². The van der Waals surface area contributed by atoms with Crippen molar-refractivity contribution in [3.63, 3.8) is 0 Å². The Labute approximate surface area is 169 Å². The average Bonchev–Trinajstić information content (AvgIpc) is 3.05. The summed E-state index contributed by atoms with van der Waals surface area (Å²) >= 11 is 0. The fourth-order valence-electron chi connectivity index (χ4n) is 3.28. The molecular formula is C23H22N4O2. The highest BCUT2D eigenvalue weighted by Gasteiger charge is 2.13. The molecule has 0 fully saturated rings. The second kappa shape index (κ2) is 7.75. The van der Waals surface area contributed by atoms with Crippen molar-refractivity contribution < 1.29 is 4.74 Å². The van der Waals surface area contributed by atoms with Gasteiger partial charge in [-0.05, 0) is 59.2 Å². The molecule has 0 atom stereocenters. The van der Waals surface area contributed by atoms with Gasteiger partial charge in [-0.15, -0.1) is 0 Å². The minimum absolute atomic E-state index is 0.293. The maximum Gasteiger partial charge on any atom is 0.368 e. The van der Waals surface area contributed by atoms with Crippen molar-refractivity contribution in [2.45, 2.75) is 20.5 Å². The number of benzene rings is 3. The first-order chi connectivity index (χ1) is 14.0. The number of nitrogens with zero attached hydrogens (tertiary/aromatic N) is 4. The number of hydrogen-bond donors (Lipinski definition) is 0. The maximum absolute atomic E-state index is 12.3. The fraction of sp³-hybridized carbons (Fsp3) is 0.174. The summed E-state index contributed by atoms with van der Waals surface area (Å²) in [6, 6.07) is 22.1. The zero-order valence-corrected chi connectivity index (χ0v) is 16.7. The highest BCUT2D eigenvalue weighted by molar-refractivity contribution is 5.65. The monoisotopic (exact) mass is 386 g/mol. The van der Waals surface area contributed by atoms with Crippen LogP contribution in [0.1, 0.15) is 16.7 Å². The van der Waals surface area contributed by atoms with E-state index in [4.69, 9.17) is 4.74 Å². The van der Waals surface area contributed by atoms with Gasteiger partial charge in [0, 0.05) is 12.6 Å². The third kappa shape index (κ3) is 3.82.